The first kappa shape index (κ1) is 17.0. The molecule has 0 aliphatic carbocycles. The molecule has 0 saturated carbocycles. The van der Waals surface area contributed by atoms with Gasteiger partial charge in [0, 0.05) is 10.8 Å². The summed E-state index contributed by atoms with van der Waals surface area (Å²) >= 11 is 0. The summed E-state index contributed by atoms with van der Waals surface area (Å²) in [6.45, 7) is 0. The average molecular weight is 380 g/mol. The van der Waals surface area contributed by atoms with E-state index in [4.69, 9.17) is 4.42 Å². The van der Waals surface area contributed by atoms with Crippen LogP contribution in [0, 0.1) is 0 Å². The Bertz CT molecular complexity index is 1410. The number of phenols is 1. The van der Waals surface area contributed by atoms with Crippen molar-refractivity contribution in [3.63, 3.8) is 0 Å². The topological polar surface area (TPSA) is 74.8 Å². The summed E-state index contributed by atoms with van der Waals surface area (Å²) in [6.07, 6.45) is 0. The second kappa shape index (κ2) is 6.80. The number of hydrogen-bond acceptors (Lipinski definition) is 4. The van der Waals surface area contributed by atoms with Gasteiger partial charge in [-0.3, -0.25) is 4.79 Å². The summed E-state index contributed by atoms with van der Waals surface area (Å²) in [5, 5.41) is 18.6. The molecule has 0 fully saturated rings. The molecule has 0 atom stereocenters. The van der Waals surface area contributed by atoms with Crippen LogP contribution in [-0.2, 0) is 0 Å². The minimum Gasteiger partial charge on any atom is -0.507 e. The molecule has 1 amide bonds. The number of hydrogen-bond donors (Lipinski definition) is 2. The van der Waals surface area contributed by atoms with Crippen LogP contribution in [0.4, 0.5) is 0 Å². The fourth-order valence-corrected chi connectivity index (χ4v) is 3.46. The van der Waals surface area contributed by atoms with Gasteiger partial charge in [-0.1, -0.05) is 48.5 Å². The predicted octanol–water partition coefficient (Wildman–Crippen LogP) is 4.69. The van der Waals surface area contributed by atoms with Crippen molar-refractivity contribution in [2.45, 2.75) is 0 Å². The van der Waals surface area contributed by atoms with Crippen LogP contribution in [0.15, 0.2) is 94.4 Å². The molecule has 5 aromatic rings. The van der Waals surface area contributed by atoms with E-state index in [1.165, 1.54) is 0 Å². The third-order valence-corrected chi connectivity index (χ3v) is 4.88. The summed E-state index contributed by atoms with van der Waals surface area (Å²) in [6, 6.07) is 25.8. The third-order valence-electron chi connectivity index (χ3n) is 4.88. The Labute approximate surface area is 165 Å². The number of phenolic OH excluding ortho intramolecular Hbond substituents is 1. The van der Waals surface area contributed by atoms with Crippen LogP contribution < -0.4 is 10.8 Å². The lowest BCUT2D eigenvalue weighted by Crippen LogP contribution is -2.22. The van der Waals surface area contributed by atoms with Gasteiger partial charge < -0.3 is 9.52 Å². The summed E-state index contributed by atoms with van der Waals surface area (Å²) in [7, 11) is 0. The van der Waals surface area contributed by atoms with Gasteiger partial charge >= 0.3 is 0 Å². The Morgan fingerprint density at radius 2 is 1.34 bits per heavy atom. The molecular formula is C24H16N2O3. The Balaban J connectivity index is 1.64. The van der Waals surface area contributed by atoms with E-state index in [0.717, 1.165) is 21.5 Å². The molecule has 1 aromatic heterocycles. The molecule has 5 rings (SSSR count). The van der Waals surface area contributed by atoms with Crippen molar-refractivity contribution in [2.24, 2.45) is 5.10 Å². The Morgan fingerprint density at radius 3 is 2.00 bits per heavy atom. The zero-order valence-corrected chi connectivity index (χ0v) is 15.3. The molecule has 1 heterocycles. The highest BCUT2D eigenvalue weighted by Crippen LogP contribution is 2.25. The van der Waals surface area contributed by atoms with Gasteiger partial charge in [-0.15, -0.1) is 0 Å². The average Bonchev–Trinajstić information content (AvgIpc) is 2.76. The summed E-state index contributed by atoms with van der Waals surface area (Å²) in [4.78, 5) is 12.8. The monoisotopic (exact) mass is 380 g/mol. The molecule has 4 aromatic carbocycles. The van der Waals surface area contributed by atoms with Gasteiger partial charge in [-0.05, 0) is 47.2 Å². The lowest BCUT2D eigenvalue weighted by Gasteiger charge is -2.07. The molecule has 0 unspecified atom stereocenters. The smallest absolute Gasteiger partial charge is 0.275 e. The van der Waals surface area contributed by atoms with E-state index < -0.39 is 5.91 Å². The second-order valence-corrected chi connectivity index (χ2v) is 6.71. The fraction of sp³-hybridized carbons (Fsp3) is 0. The van der Waals surface area contributed by atoms with Crippen molar-refractivity contribution in [1.82, 2.24) is 5.43 Å². The first-order valence-corrected chi connectivity index (χ1v) is 9.17. The molecule has 5 heteroatoms. The highest BCUT2D eigenvalue weighted by Gasteiger charge is 2.12. The zero-order chi connectivity index (χ0) is 19.8. The van der Waals surface area contributed by atoms with Crippen LogP contribution in [-0.4, -0.2) is 11.0 Å². The first-order valence-electron chi connectivity index (χ1n) is 9.17. The Hall–Kier alpha value is -4.12. The van der Waals surface area contributed by atoms with Crippen molar-refractivity contribution >= 4 is 38.6 Å². The van der Waals surface area contributed by atoms with Gasteiger partial charge in [0.2, 0.25) is 0 Å². The quantitative estimate of drug-likeness (QED) is 0.345. The maximum atomic E-state index is 12.8. The number of carbonyl (C=O) groups is 1. The van der Waals surface area contributed by atoms with Crippen LogP contribution in [0.3, 0.4) is 0 Å². The fourth-order valence-electron chi connectivity index (χ4n) is 3.46. The summed E-state index contributed by atoms with van der Waals surface area (Å²) in [5.41, 5.74) is 4.11. The van der Waals surface area contributed by atoms with E-state index in [1.807, 2.05) is 72.8 Å². The van der Waals surface area contributed by atoms with Gasteiger partial charge in [0.05, 0.1) is 5.56 Å². The van der Waals surface area contributed by atoms with E-state index >= 15 is 0 Å². The van der Waals surface area contributed by atoms with E-state index in [-0.39, 0.29) is 11.3 Å². The van der Waals surface area contributed by atoms with E-state index in [9.17, 15) is 9.90 Å². The number of rotatable bonds is 2. The van der Waals surface area contributed by atoms with E-state index in [2.05, 4.69) is 10.5 Å². The van der Waals surface area contributed by atoms with Crippen molar-refractivity contribution in [1.29, 1.82) is 0 Å². The van der Waals surface area contributed by atoms with Crippen LogP contribution >= 0.6 is 0 Å². The molecule has 0 bridgehead atoms. The number of carbonyl (C=O) groups excluding carboxylic acids is 1. The molecule has 0 spiro atoms. The minimum absolute atomic E-state index is 0.0887. The maximum absolute atomic E-state index is 12.8. The standard InChI is InChI=1S/C24H16N2O3/c27-20-14-16-8-2-1-7-15(16)13-19(20)24(28)26-25-23-17-9-3-5-11-21(17)29-22-12-6-4-10-18(22)23/h1-14,27H,(H,26,28). The van der Waals surface area contributed by atoms with Crippen LogP contribution in [0.1, 0.15) is 10.4 Å². The first-order chi connectivity index (χ1) is 14.2. The molecule has 0 aliphatic heterocycles. The highest BCUT2D eigenvalue weighted by molar-refractivity contribution is 6.01. The third kappa shape index (κ3) is 2.99. The minimum atomic E-state index is -0.484. The molecule has 0 saturated heterocycles. The molecule has 140 valence electrons. The Kier molecular flexibility index (Phi) is 3.99. The Morgan fingerprint density at radius 1 is 0.793 bits per heavy atom. The van der Waals surface area contributed by atoms with Gasteiger partial charge in [0.15, 0.2) is 0 Å². The van der Waals surface area contributed by atoms with Crippen molar-refractivity contribution in [3.05, 3.63) is 95.8 Å². The van der Waals surface area contributed by atoms with Crippen LogP contribution in [0.5, 0.6) is 5.75 Å². The molecule has 0 radical (unpaired) electrons. The summed E-state index contributed by atoms with van der Waals surface area (Å²) < 4.78 is 5.93. The molecule has 2 N–H and O–H groups in total. The van der Waals surface area contributed by atoms with Gasteiger partial charge in [-0.2, -0.15) is 5.10 Å². The molecular weight excluding hydrogens is 364 g/mol. The number of nitrogens with zero attached hydrogens (tertiary/aromatic N) is 1. The van der Waals surface area contributed by atoms with Crippen LogP contribution in [0.25, 0.3) is 32.7 Å². The van der Waals surface area contributed by atoms with Gasteiger partial charge in [0.25, 0.3) is 5.91 Å². The molecule has 0 aliphatic rings. The predicted molar refractivity (Wildman–Crippen MR) is 112 cm³/mol. The number of amides is 1. The number of para-hydroxylation sites is 2. The zero-order valence-electron chi connectivity index (χ0n) is 15.3. The molecule has 29 heavy (non-hydrogen) atoms. The van der Waals surface area contributed by atoms with Crippen molar-refractivity contribution < 1.29 is 14.3 Å². The van der Waals surface area contributed by atoms with Crippen molar-refractivity contribution in [3.8, 4) is 5.75 Å². The SMILES string of the molecule is O=C(NN=c1c2ccccc2oc2ccccc12)c1cc2ccccc2cc1O. The second-order valence-electron chi connectivity index (χ2n) is 6.71. The highest BCUT2D eigenvalue weighted by atomic mass is 16.3. The largest absolute Gasteiger partial charge is 0.507 e. The van der Waals surface area contributed by atoms with Crippen molar-refractivity contribution in [2.75, 3.05) is 0 Å². The van der Waals surface area contributed by atoms with E-state index in [1.54, 1.807) is 12.1 Å². The summed E-state index contributed by atoms with van der Waals surface area (Å²) in [5.74, 6) is -0.573. The number of nitrogens with one attached hydrogen (secondary N) is 1. The van der Waals surface area contributed by atoms with Gasteiger partial charge in [-0.25, -0.2) is 5.43 Å². The maximum Gasteiger partial charge on any atom is 0.275 e. The van der Waals surface area contributed by atoms with Gasteiger partial charge in [0.1, 0.15) is 22.3 Å². The lowest BCUT2D eigenvalue weighted by atomic mass is 10.1. The van der Waals surface area contributed by atoms with Crippen LogP contribution in [0.2, 0.25) is 0 Å². The lowest BCUT2D eigenvalue weighted by molar-refractivity contribution is 0.0951. The number of fused-ring (bicyclic) bond motifs is 3. The molecule has 5 nitrogen and oxygen atoms in total. The normalized spacial score (nSPS) is 11.0. The number of benzene rings is 4. The number of aromatic hydroxyl groups is 1. The van der Waals surface area contributed by atoms with E-state index in [0.29, 0.717) is 16.5 Å².